The maximum atomic E-state index is 13.3. The second kappa shape index (κ2) is 4.59. The highest BCUT2D eigenvalue weighted by Crippen LogP contribution is 2.25. The lowest BCUT2D eigenvalue weighted by Crippen LogP contribution is -1.99. The topological polar surface area (TPSA) is 55.1 Å². The van der Waals surface area contributed by atoms with Crippen LogP contribution in [0.15, 0.2) is 18.2 Å². The molecule has 0 fully saturated rings. The van der Waals surface area contributed by atoms with Crippen LogP contribution in [0.2, 0.25) is 10.2 Å². The highest BCUT2D eigenvalue weighted by molar-refractivity contribution is 6.33. The van der Waals surface area contributed by atoms with Gasteiger partial charge in [0, 0.05) is 6.07 Å². The minimum Gasteiger partial charge on any atom is -0.478 e. The largest absolute Gasteiger partial charge is 0.478 e. The summed E-state index contributed by atoms with van der Waals surface area (Å²) in [5.74, 6) is -1.81. The number of halogens is 3. The summed E-state index contributed by atoms with van der Waals surface area (Å²) in [5, 5.41) is 12.8. The average molecular weight is 289 g/mol. The van der Waals surface area contributed by atoms with E-state index < -0.39 is 11.8 Å². The van der Waals surface area contributed by atoms with Crippen LogP contribution >= 0.6 is 23.2 Å². The second-order valence-corrected chi connectivity index (χ2v) is 4.33. The molecule has 0 bridgehead atoms. The predicted molar refractivity (Wildman–Crippen MR) is 65.2 cm³/mol. The first-order chi connectivity index (χ1) is 8.41. The van der Waals surface area contributed by atoms with Crippen molar-refractivity contribution >= 4 is 29.2 Å². The summed E-state index contributed by atoms with van der Waals surface area (Å²) in [6, 6.07) is 3.97. The fourth-order valence-electron chi connectivity index (χ4n) is 1.53. The summed E-state index contributed by atoms with van der Waals surface area (Å²) in [6.45, 7) is 1.51. The Morgan fingerprint density at radius 3 is 2.61 bits per heavy atom. The van der Waals surface area contributed by atoms with Gasteiger partial charge in [0.2, 0.25) is 0 Å². The second-order valence-electron chi connectivity index (χ2n) is 3.57. The van der Waals surface area contributed by atoms with Crippen molar-refractivity contribution in [2.24, 2.45) is 0 Å². The zero-order valence-electron chi connectivity index (χ0n) is 9.12. The summed E-state index contributed by atoms with van der Waals surface area (Å²) in [4.78, 5) is 11.0. The van der Waals surface area contributed by atoms with Crippen LogP contribution in [0.3, 0.4) is 0 Å². The number of benzene rings is 1. The number of hydrogen-bond acceptors (Lipinski definition) is 2. The standard InChI is InChI=1S/C11H7Cl2FN2O2/c1-5-9(11(17)18)10(13)16(15-5)6-2-3-7(12)8(14)4-6/h2-4H,1H3,(H,17,18). The maximum Gasteiger partial charge on any atom is 0.340 e. The predicted octanol–water partition coefficient (Wildman–Crippen LogP) is 3.32. The van der Waals surface area contributed by atoms with Crippen molar-refractivity contribution in [3.8, 4) is 5.69 Å². The average Bonchev–Trinajstić information content (AvgIpc) is 2.58. The van der Waals surface area contributed by atoms with Gasteiger partial charge in [-0.1, -0.05) is 23.2 Å². The Hall–Kier alpha value is -1.59. The number of carbonyl (C=O) groups is 1. The number of carboxylic acid groups (broad SMARTS) is 1. The Bertz CT molecular complexity index is 640. The fraction of sp³-hybridized carbons (Fsp3) is 0.0909. The van der Waals surface area contributed by atoms with E-state index in [1.54, 1.807) is 0 Å². The molecule has 0 unspecified atom stereocenters. The highest BCUT2D eigenvalue weighted by Gasteiger charge is 2.20. The van der Waals surface area contributed by atoms with Gasteiger partial charge in [0.1, 0.15) is 16.5 Å². The van der Waals surface area contributed by atoms with Crippen LogP contribution in [-0.2, 0) is 0 Å². The number of aromatic carboxylic acids is 1. The monoisotopic (exact) mass is 288 g/mol. The van der Waals surface area contributed by atoms with E-state index in [2.05, 4.69) is 5.10 Å². The first-order valence-electron chi connectivity index (χ1n) is 4.85. The molecule has 0 spiro atoms. The van der Waals surface area contributed by atoms with Crippen LogP contribution in [0.4, 0.5) is 4.39 Å². The highest BCUT2D eigenvalue weighted by atomic mass is 35.5. The molecule has 94 valence electrons. The van der Waals surface area contributed by atoms with Gasteiger partial charge in [-0.15, -0.1) is 0 Å². The van der Waals surface area contributed by atoms with Crippen molar-refractivity contribution < 1.29 is 14.3 Å². The molecule has 4 nitrogen and oxygen atoms in total. The number of nitrogens with zero attached hydrogens (tertiary/aromatic N) is 2. The van der Waals surface area contributed by atoms with Crippen molar-refractivity contribution in [1.29, 1.82) is 0 Å². The van der Waals surface area contributed by atoms with E-state index in [0.717, 1.165) is 10.7 Å². The van der Waals surface area contributed by atoms with E-state index in [1.807, 2.05) is 0 Å². The number of hydrogen-bond donors (Lipinski definition) is 1. The number of rotatable bonds is 2. The number of aromatic nitrogens is 2. The zero-order chi connectivity index (χ0) is 13.4. The molecule has 0 aliphatic rings. The first-order valence-corrected chi connectivity index (χ1v) is 5.61. The van der Waals surface area contributed by atoms with Crippen molar-refractivity contribution in [3.05, 3.63) is 45.4 Å². The van der Waals surface area contributed by atoms with Crippen LogP contribution in [0.25, 0.3) is 5.69 Å². The van der Waals surface area contributed by atoms with Gasteiger partial charge >= 0.3 is 5.97 Å². The molecule has 0 saturated carbocycles. The minimum atomic E-state index is -1.18. The van der Waals surface area contributed by atoms with Gasteiger partial charge in [-0.05, 0) is 19.1 Å². The van der Waals surface area contributed by atoms with Crippen LogP contribution in [-0.4, -0.2) is 20.9 Å². The summed E-state index contributed by atoms with van der Waals surface area (Å²) in [5.41, 5.74) is 0.451. The molecule has 0 aliphatic heterocycles. The summed E-state index contributed by atoms with van der Waals surface area (Å²) < 4.78 is 14.5. The fourth-order valence-corrected chi connectivity index (χ4v) is 2.00. The van der Waals surface area contributed by atoms with Gasteiger partial charge in [-0.3, -0.25) is 0 Å². The Kier molecular flexibility index (Phi) is 3.28. The van der Waals surface area contributed by atoms with Crippen molar-refractivity contribution in [1.82, 2.24) is 9.78 Å². The number of carboxylic acids is 1. The molecule has 0 atom stereocenters. The molecular formula is C11H7Cl2FN2O2. The van der Waals surface area contributed by atoms with Crippen molar-refractivity contribution in [2.45, 2.75) is 6.92 Å². The van der Waals surface area contributed by atoms with Gasteiger partial charge in [0.25, 0.3) is 0 Å². The minimum absolute atomic E-state index is 0.0304. The SMILES string of the molecule is Cc1nn(-c2ccc(Cl)c(F)c2)c(Cl)c1C(=O)O. The Labute approximate surface area is 112 Å². The molecule has 1 heterocycles. The molecule has 0 aliphatic carbocycles. The van der Waals surface area contributed by atoms with E-state index in [-0.39, 0.29) is 21.4 Å². The summed E-state index contributed by atoms with van der Waals surface area (Å²) >= 11 is 11.5. The van der Waals surface area contributed by atoms with Gasteiger partial charge in [-0.2, -0.15) is 5.10 Å². The van der Waals surface area contributed by atoms with E-state index in [4.69, 9.17) is 28.3 Å². The molecule has 7 heteroatoms. The quantitative estimate of drug-likeness (QED) is 0.922. The van der Waals surface area contributed by atoms with Gasteiger partial charge < -0.3 is 5.11 Å². The van der Waals surface area contributed by atoms with Gasteiger partial charge in [0.15, 0.2) is 0 Å². The van der Waals surface area contributed by atoms with Crippen LogP contribution in [0.1, 0.15) is 16.1 Å². The van der Waals surface area contributed by atoms with Gasteiger partial charge in [0.05, 0.1) is 16.4 Å². The van der Waals surface area contributed by atoms with Gasteiger partial charge in [-0.25, -0.2) is 13.9 Å². The first kappa shape index (κ1) is 12.9. The third kappa shape index (κ3) is 2.07. The third-order valence-electron chi connectivity index (χ3n) is 2.37. The van der Waals surface area contributed by atoms with Crippen LogP contribution in [0.5, 0.6) is 0 Å². The van der Waals surface area contributed by atoms with Crippen LogP contribution < -0.4 is 0 Å². The lowest BCUT2D eigenvalue weighted by molar-refractivity contribution is 0.0696. The molecule has 1 aromatic heterocycles. The summed E-state index contributed by atoms with van der Waals surface area (Å²) in [7, 11) is 0. The third-order valence-corrected chi connectivity index (χ3v) is 3.02. The van der Waals surface area contributed by atoms with E-state index >= 15 is 0 Å². The molecular weight excluding hydrogens is 282 g/mol. The Morgan fingerprint density at radius 1 is 1.44 bits per heavy atom. The molecule has 2 rings (SSSR count). The molecule has 0 radical (unpaired) electrons. The zero-order valence-corrected chi connectivity index (χ0v) is 10.6. The maximum absolute atomic E-state index is 13.3. The molecule has 0 saturated heterocycles. The Balaban J connectivity index is 2.61. The van der Waals surface area contributed by atoms with E-state index in [9.17, 15) is 9.18 Å². The van der Waals surface area contributed by atoms with Crippen LogP contribution in [0, 0.1) is 12.7 Å². The summed E-state index contributed by atoms with van der Waals surface area (Å²) in [6.07, 6.45) is 0. The smallest absolute Gasteiger partial charge is 0.340 e. The van der Waals surface area contributed by atoms with E-state index in [0.29, 0.717) is 5.69 Å². The molecule has 0 amide bonds. The molecule has 1 N–H and O–H groups in total. The normalized spacial score (nSPS) is 10.7. The lowest BCUT2D eigenvalue weighted by Gasteiger charge is -2.03. The van der Waals surface area contributed by atoms with Crippen molar-refractivity contribution in [3.63, 3.8) is 0 Å². The number of aryl methyl sites for hydroxylation is 1. The molecule has 2 aromatic rings. The Morgan fingerprint density at radius 2 is 2.11 bits per heavy atom. The molecule has 18 heavy (non-hydrogen) atoms. The lowest BCUT2D eigenvalue weighted by atomic mass is 10.2. The van der Waals surface area contributed by atoms with Crippen molar-refractivity contribution in [2.75, 3.05) is 0 Å². The molecule has 1 aromatic carbocycles. The van der Waals surface area contributed by atoms with E-state index in [1.165, 1.54) is 19.1 Å².